The summed E-state index contributed by atoms with van der Waals surface area (Å²) in [5.74, 6) is -1.74. The third kappa shape index (κ3) is 13.7. The van der Waals surface area contributed by atoms with Crippen LogP contribution in [0.15, 0.2) is 0 Å². The van der Waals surface area contributed by atoms with Crippen LogP contribution in [-0.4, -0.2) is 22.2 Å². The van der Waals surface area contributed by atoms with Crippen LogP contribution in [0.4, 0.5) is 0 Å². The van der Waals surface area contributed by atoms with Gasteiger partial charge in [0, 0.05) is 12.8 Å². The third-order valence-electron chi connectivity index (χ3n) is 1.03. The van der Waals surface area contributed by atoms with Gasteiger partial charge in [-0.3, -0.25) is 9.59 Å². The maximum absolute atomic E-state index is 9.90. The fourth-order valence-corrected chi connectivity index (χ4v) is 0.552. The average molecular weight is 233 g/mol. The Kier molecular flexibility index (Phi) is 11.5. The number of rotatable bonds is 5. The second-order valence-corrected chi connectivity index (χ2v) is 1.99. The van der Waals surface area contributed by atoms with Gasteiger partial charge in [-0.05, 0) is 12.8 Å². The first kappa shape index (κ1) is 14.3. The number of aliphatic carboxylic acids is 2. The summed E-state index contributed by atoms with van der Waals surface area (Å²) in [6, 6.07) is 0. The fraction of sp³-hybridized carbons (Fsp3) is 0.667. The molecule has 2 N–H and O–H groups in total. The first-order chi connectivity index (χ1) is 4.63. The van der Waals surface area contributed by atoms with E-state index in [1.807, 2.05) is 0 Å². The molecule has 0 saturated heterocycles. The van der Waals surface area contributed by atoms with Gasteiger partial charge < -0.3 is 11.6 Å². The van der Waals surface area contributed by atoms with Gasteiger partial charge in [-0.2, -0.15) is 0 Å². The first-order valence-corrected chi connectivity index (χ1v) is 3.06. The standard InChI is InChI=1S/C6H10O4.Rb.H/c7-5(8)3-1-2-4-6(9)10;;/h1-4H2,(H,7,8)(H,9,10);;/q;+1;-1. The maximum Gasteiger partial charge on any atom is 1.00 e. The van der Waals surface area contributed by atoms with E-state index in [2.05, 4.69) is 0 Å². The van der Waals surface area contributed by atoms with E-state index in [9.17, 15) is 9.59 Å². The van der Waals surface area contributed by atoms with Gasteiger partial charge in [-0.1, -0.05) is 0 Å². The van der Waals surface area contributed by atoms with Crippen molar-refractivity contribution in [2.45, 2.75) is 25.7 Å². The summed E-state index contributed by atoms with van der Waals surface area (Å²) in [7, 11) is 0. The first-order valence-electron chi connectivity index (χ1n) is 3.06. The third-order valence-corrected chi connectivity index (χ3v) is 1.03. The van der Waals surface area contributed by atoms with Crippen LogP contribution in [0.25, 0.3) is 0 Å². The minimum Gasteiger partial charge on any atom is -1.00 e. The minimum atomic E-state index is -0.870. The number of unbranched alkanes of at least 4 members (excludes halogenated alkanes) is 1. The summed E-state index contributed by atoms with van der Waals surface area (Å²) in [6.45, 7) is 0. The molecule has 0 aliphatic heterocycles. The van der Waals surface area contributed by atoms with Crippen LogP contribution in [0.3, 0.4) is 0 Å². The van der Waals surface area contributed by atoms with Gasteiger partial charge in [0.1, 0.15) is 0 Å². The topological polar surface area (TPSA) is 74.6 Å². The Hall–Kier alpha value is 0.745. The van der Waals surface area contributed by atoms with Crippen molar-refractivity contribution in [1.29, 1.82) is 0 Å². The van der Waals surface area contributed by atoms with E-state index >= 15 is 0 Å². The zero-order valence-corrected chi connectivity index (χ0v) is 11.5. The molecule has 11 heavy (non-hydrogen) atoms. The quantitative estimate of drug-likeness (QED) is 0.529. The largest absolute Gasteiger partial charge is 1.00 e. The number of carbonyl (C=O) groups is 2. The molecule has 0 aliphatic carbocycles. The second-order valence-electron chi connectivity index (χ2n) is 1.99. The number of hydrogen-bond acceptors (Lipinski definition) is 2. The van der Waals surface area contributed by atoms with Crippen molar-refractivity contribution in [3.63, 3.8) is 0 Å². The molecule has 0 amide bonds. The van der Waals surface area contributed by atoms with Crippen molar-refractivity contribution in [1.82, 2.24) is 0 Å². The average Bonchev–Trinajstić information content (AvgIpc) is 1.79. The molecule has 0 unspecified atom stereocenters. The van der Waals surface area contributed by atoms with Gasteiger partial charge in [0.25, 0.3) is 0 Å². The van der Waals surface area contributed by atoms with Crippen LogP contribution in [0, 0.1) is 0 Å². The van der Waals surface area contributed by atoms with Crippen LogP contribution in [-0.2, 0) is 9.59 Å². The molecule has 4 nitrogen and oxygen atoms in total. The maximum atomic E-state index is 9.90. The van der Waals surface area contributed by atoms with Crippen LogP contribution >= 0.6 is 0 Å². The zero-order chi connectivity index (χ0) is 7.98. The number of hydrogen-bond donors (Lipinski definition) is 2. The summed E-state index contributed by atoms with van der Waals surface area (Å²) in [6.07, 6.45) is 1.02. The van der Waals surface area contributed by atoms with Crippen molar-refractivity contribution < 1.29 is 79.4 Å². The molecular weight excluding hydrogens is 222 g/mol. The second kappa shape index (κ2) is 8.84. The summed E-state index contributed by atoms with van der Waals surface area (Å²) >= 11 is 0. The van der Waals surface area contributed by atoms with E-state index in [0.717, 1.165) is 0 Å². The fourth-order valence-electron chi connectivity index (χ4n) is 0.552. The normalized spacial score (nSPS) is 8.36. The minimum absolute atomic E-state index is 0. The van der Waals surface area contributed by atoms with Gasteiger partial charge >= 0.3 is 70.1 Å². The molecule has 0 fully saturated rings. The Labute approximate surface area is 115 Å². The molecular formula is C6H11O4Rb. The molecule has 0 spiro atoms. The van der Waals surface area contributed by atoms with Crippen molar-refractivity contribution in [3.8, 4) is 0 Å². The predicted molar refractivity (Wildman–Crippen MR) is 34.9 cm³/mol. The Bertz CT molecular complexity index is 124. The molecule has 0 aromatic heterocycles. The van der Waals surface area contributed by atoms with Crippen molar-refractivity contribution >= 4 is 11.9 Å². The SMILES string of the molecule is O=C(O)CCCCC(=O)O.[H-].[Rb+]. The zero-order valence-electron chi connectivity index (χ0n) is 7.54. The smallest absolute Gasteiger partial charge is 1.00 e. The molecule has 5 heteroatoms. The van der Waals surface area contributed by atoms with Crippen LogP contribution < -0.4 is 58.2 Å². The van der Waals surface area contributed by atoms with Crippen molar-refractivity contribution in [3.05, 3.63) is 0 Å². The van der Waals surface area contributed by atoms with Gasteiger partial charge in [-0.15, -0.1) is 0 Å². The van der Waals surface area contributed by atoms with E-state index in [1.54, 1.807) is 0 Å². The molecule has 0 rings (SSSR count). The molecule has 0 radical (unpaired) electrons. The van der Waals surface area contributed by atoms with E-state index in [-0.39, 0.29) is 72.5 Å². The van der Waals surface area contributed by atoms with Gasteiger partial charge in [-0.25, -0.2) is 0 Å². The molecule has 0 heterocycles. The Balaban J connectivity index is -0.000000405. The summed E-state index contributed by atoms with van der Waals surface area (Å²) < 4.78 is 0. The van der Waals surface area contributed by atoms with E-state index < -0.39 is 11.9 Å². The van der Waals surface area contributed by atoms with Gasteiger partial charge in [0.15, 0.2) is 0 Å². The predicted octanol–water partition coefficient (Wildman–Crippen LogP) is -2.17. The molecule has 0 aromatic rings. The monoisotopic (exact) mass is 232 g/mol. The summed E-state index contributed by atoms with van der Waals surface area (Å²) in [5, 5.41) is 16.3. The Morgan fingerprint density at radius 3 is 1.45 bits per heavy atom. The van der Waals surface area contributed by atoms with Crippen LogP contribution in [0.2, 0.25) is 0 Å². The van der Waals surface area contributed by atoms with E-state index in [1.165, 1.54) is 0 Å². The van der Waals surface area contributed by atoms with E-state index in [0.29, 0.717) is 12.8 Å². The molecule has 0 aliphatic rings. The molecule has 0 saturated carbocycles. The van der Waals surface area contributed by atoms with E-state index in [4.69, 9.17) is 10.2 Å². The Morgan fingerprint density at radius 2 is 1.27 bits per heavy atom. The summed E-state index contributed by atoms with van der Waals surface area (Å²) in [4.78, 5) is 19.8. The van der Waals surface area contributed by atoms with Crippen LogP contribution in [0.5, 0.6) is 0 Å². The number of carboxylic acid groups (broad SMARTS) is 2. The van der Waals surface area contributed by atoms with Crippen molar-refractivity contribution in [2.24, 2.45) is 0 Å². The Morgan fingerprint density at radius 1 is 1.00 bits per heavy atom. The van der Waals surface area contributed by atoms with Gasteiger partial charge in [0.2, 0.25) is 0 Å². The van der Waals surface area contributed by atoms with Crippen molar-refractivity contribution in [2.75, 3.05) is 0 Å². The number of carboxylic acids is 2. The molecule has 0 atom stereocenters. The van der Waals surface area contributed by atoms with Crippen LogP contribution in [0.1, 0.15) is 27.1 Å². The van der Waals surface area contributed by atoms with Gasteiger partial charge in [0.05, 0.1) is 0 Å². The molecule has 0 aromatic carbocycles. The molecule has 0 bridgehead atoms. The molecule has 60 valence electrons. The summed E-state index contributed by atoms with van der Waals surface area (Å²) in [5.41, 5.74) is 0.